The number of benzene rings is 1. The molecule has 1 aromatic rings. The minimum absolute atomic E-state index is 0.0933. The molecule has 7 nitrogen and oxygen atoms in total. The number of hydrogen-bond acceptors (Lipinski definition) is 5. The molecule has 1 aliphatic carbocycles. The van der Waals surface area contributed by atoms with Gasteiger partial charge in [-0.2, -0.15) is 0 Å². The lowest BCUT2D eigenvalue weighted by molar-refractivity contribution is -0.383. The first-order chi connectivity index (χ1) is 11.6. The van der Waals surface area contributed by atoms with Gasteiger partial charge in [0, 0.05) is 24.9 Å². The van der Waals surface area contributed by atoms with Crippen LogP contribution in [0, 0.1) is 10.1 Å². The molecule has 0 atom stereocenters. The first-order valence-electron chi connectivity index (χ1n) is 8.47. The fourth-order valence-electron chi connectivity index (χ4n) is 3.44. The number of nitrogens with zero attached hydrogens (tertiary/aromatic N) is 2. The highest BCUT2D eigenvalue weighted by atomic mass is 16.6. The van der Waals surface area contributed by atoms with Gasteiger partial charge in [-0.25, -0.2) is 0 Å². The van der Waals surface area contributed by atoms with Crippen molar-refractivity contribution in [1.82, 2.24) is 0 Å². The highest BCUT2D eigenvalue weighted by Gasteiger charge is 2.32. The maximum atomic E-state index is 11.8. The van der Waals surface area contributed by atoms with Gasteiger partial charge in [-0.15, -0.1) is 0 Å². The molecule has 2 amide bonds. The van der Waals surface area contributed by atoms with E-state index < -0.39 is 4.92 Å². The van der Waals surface area contributed by atoms with E-state index in [0.717, 1.165) is 30.6 Å². The Morgan fingerprint density at radius 2 is 1.67 bits per heavy atom. The van der Waals surface area contributed by atoms with Gasteiger partial charge in [0.2, 0.25) is 11.8 Å². The predicted molar refractivity (Wildman–Crippen MR) is 89.9 cm³/mol. The van der Waals surface area contributed by atoms with E-state index >= 15 is 0 Å². The van der Waals surface area contributed by atoms with Crippen LogP contribution < -0.4 is 10.2 Å². The molecule has 0 aromatic heterocycles. The SMILES string of the molecule is O=C1CCC(=O)N1c1ccc(NC2CCCCCC2)c([N+](=O)[O-])c1. The predicted octanol–water partition coefficient (Wildman–Crippen LogP) is 3.38. The van der Waals surface area contributed by atoms with Crippen LogP contribution in [0.5, 0.6) is 0 Å². The molecule has 1 N–H and O–H groups in total. The highest BCUT2D eigenvalue weighted by Crippen LogP contribution is 2.33. The van der Waals surface area contributed by atoms with Crippen LogP contribution in [0.15, 0.2) is 18.2 Å². The van der Waals surface area contributed by atoms with Gasteiger partial charge in [0.15, 0.2) is 0 Å². The van der Waals surface area contributed by atoms with Crippen LogP contribution in [-0.4, -0.2) is 22.8 Å². The van der Waals surface area contributed by atoms with Crippen LogP contribution in [-0.2, 0) is 9.59 Å². The Bertz CT molecular complexity index is 650. The fourth-order valence-corrected chi connectivity index (χ4v) is 3.44. The molecule has 3 rings (SSSR count). The number of carbonyl (C=O) groups is 2. The third-order valence-corrected chi connectivity index (χ3v) is 4.70. The van der Waals surface area contributed by atoms with Crippen LogP contribution in [0.3, 0.4) is 0 Å². The third-order valence-electron chi connectivity index (χ3n) is 4.70. The molecule has 7 heteroatoms. The maximum absolute atomic E-state index is 11.8. The van der Waals surface area contributed by atoms with E-state index in [1.807, 2.05) is 0 Å². The van der Waals surface area contributed by atoms with Gasteiger partial charge in [0.25, 0.3) is 5.69 Å². The molecular formula is C17H21N3O4. The average molecular weight is 331 g/mol. The second-order valence-corrected chi connectivity index (χ2v) is 6.41. The lowest BCUT2D eigenvalue weighted by Gasteiger charge is -2.19. The summed E-state index contributed by atoms with van der Waals surface area (Å²) in [4.78, 5) is 35.7. The van der Waals surface area contributed by atoms with Gasteiger partial charge in [-0.05, 0) is 25.0 Å². The molecule has 1 heterocycles. The van der Waals surface area contributed by atoms with Crippen LogP contribution in [0.4, 0.5) is 17.1 Å². The first-order valence-corrected chi connectivity index (χ1v) is 8.47. The van der Waals surface area contributed by atoms with Gasteiger partial charge in [0.1, 0.15) is 5.69 Å². The van der Waals surface area contributed by atoms with Crippen molar-refractivity contribution in [3.63, 3.8) is 0 Å². The summed E-state index contributed by atoms with van der Waals surface area (Å²) in [5.41, 5.74) is 0.639. The van der Waals surface area contributed by atoms with Crippen molar-refractivity contribution in [2.75, 3.05) is 10.2 Å². The Morgan fingerprint density at radius 1 is 1.04 bits per heavy atom. The van der Waals surface area contributed by atoms with E-state index in [-0.39, 0.29) is 42.1 Å². The van der Waals surface area contributed by atoms with Crippen molar-refractivity contribution in [3.8, 4) is 0 Å². The van der Waals surface area contributed by atoms with Crippen molar-refractivity contribution in [2.45, 2.75) is 57.4 Å². The molecule has 1 saturated heterocycles. The summed E-state index contributed by atoms with van der Waals surface area (Å²) in [6.07, 6.45) is 6.99. The second-order valence-electron chi connectivity index (χ2n) is 6.41. The molecular weight excluding hydrogens is 310 g/mol. The summed E-state index contributed by atoms with van der Waals surface area (Å²) in [7, 11) is 0. The number of carbonyl (C=O) groups excluding carboxylic acids is 2. The molecule has 128 valence electrons. The number of amides is 2. The Labute approximate surface area is 140 Å². The largest absolute Gasteiger partial charge is 0.377 e. The standard InChI is InChI=1S/C17H21N3O4/c21-16-9-10-17(22)19(16)13-7-8-14(15(11-13)20(23)24)18-12-5-3-1-2-4-6-12/h7-8,11-12,18H,1-6,9-10H2. The molecule has 2 fully saturated rings. The highest BCUT2D eigenvalue weighted by molar-refractivity contribution is 6.20. The Balaban J connectivity index is 1.86. The molecule has 24 heavy (non-hydrogen) atoms. The van der Waals surface area contributed by atoms with E-state index in [1.165, 1.54) is 18.9 Å². The summed E-state index contributed by atoms with van der Waals surface area (Å²) in [6, 6.07) is 4.76. The van der Waals surface area contributed by atoms with Crippen LogP contribution in [0.2, 0.25) is 0 Å². The Kier molecular flexibility index (Phi) is 4.78. The van der Waals surface area contributed by atoms with E-state index in [2.05, 4.69) is 5.32 Å². The molecule has 1 saturated carbocycles. The van der Waals surface area contributed by atoms with Crippen molar-refractivity contribution >= 4 is 28.9 Å². The number of anilines is 2. The van der Waals surface area contributed by atoms with Gasteiger partial charge in [0.05, 0.1) is 10.6 Å². The Hall–Kier alpha value is -2.44. The van der Waals surface area contributed by atoms with Gasteiger partial charge in [-0.1, -0.05) is 25.7 Å². The van der Waals surface area contributed by atoms with E-state index in [4.69, 9.17) is 0 Å². The van der Waals surface area contributed by atoms with Crippen LogP contribution >= 0.6 is 0 Å². The number of hydrogen-bond donors (Lipinski definition) is 1. The molecule has 0 radical (unpaired) electrons. The van der Waals surface area contributed by atoms with Crippen LogP contribution in [0.1, 0.15) is 51.4 Å². The summed E-state index contributed by atoms with van der Waals surface area (Å²) in [5, 5.41) is 14.7. The minimum atomic E-state index is -0.465. The molecule has 2 aliphatic rings. The molecule has 0 bridgehead atoms. The molecule has 0 spiro atoms. The number of rotatable bonds is 4. The number of nitro groups is 1. The zero-order valence-corrected chi connectivity index (χ0v) is 13.5. The zero-order valence-electron chi connectivity index (χ0n) is 13.5. The monoisotopic (exact) mass is 331 g/mol. The van der Waals surface area contributed by atoms with Crippen molar-refractivity contribution < 1.29 is 14.5 Å². The van der Waals surface area contributed by atoms with Gasteiger partial charge in [-0.3, -0.25) is 24.6 Å². The van der Waals surface area contributed by atoms with Gasteiger partial charge < -0.3 is 5.32 Å². The van der Waals surface area contributed by atoms with E-state index in [1.54, 1.807) is 12.1 Å². The number of nitrogens with one attached hydrogen (secondary N) is 1. The Morgan fingerprint density at radius 3 is 2.25 bits per heavy atom. The van der Waals surface area contributed by atoms with Crippen molar-refractivity contribution in [1.29, 1.82) is 0 Å². The van der Waals surface area contributed by atoms with Crippen LogP contribution in [0.25, 0.3) is 0 Å². The van der Waals surface area contributed by atoms with Crippen molar-refractivity contribution in [3.05, 3.63) is 28.3 Å². The normalized spacial score (nSPS) is 19.4. The quantitative estimate of drug-likeness (QED) is 0.395. The minimum Gasteiger partial charge on any atom is -0.377 e. The summed E-state index contributed by atoms with van der Waals surface area (Å²) in [6.45, 7) is 0. The smallest absolute Gasteiger partial charge is 0.294 e. The summed E-state index contributed by atoms with van der Waals surface area (Å²) >= 11 is 0. The first kappa shape index (κ1) is 16.4. The van der Waals surface area contributed by atoms with E-state index in [9.17, 15) is 19.7 Å². The summed E-state index contributed by atoms with van der Waals surface area (Å²) < 4.78 is 0. The van der Waals surface area contributed by atoms with Gasteiger partial charge >= 0.3 is 0 Å². The number of nitro benzene ring substituents is 1. The third kappa shape index (κ3) is 3.39. The van der Waals surface area contributed by atoms with Crippen molar-refractivity contribution in [2.24, 2.45) is 0 Å². The molecule has 0 unspecified atom stereocenters. The number of imide groups is 1. The lowest BCUT2D eigenvalue weighted by atomic mass is 10.1. The summed E-state index contributed by atoms with van der Waals surface area (Å²) in [5.74, 6) is -0.613. The zero-order chi connectivity index (χ0) is 17.1. The molecule has 1 aromatic carbocycles. The molecule has 1 aliphatic heterocycles. The lowest BCUT2D eigenvalue weighted by Crippen LogP contribution is -2.28. The topological polar surface area (TPSA) is 92.6 Å². The average Bonchev–Trinajstić information content (AvgIpc) is 2.76. The second kappa shape index (κ2) is 6.98. The van der Waals surface area contributed by atoms with E-state index in [0.29, 0.717) is 5.69 Å². The maximum Gasteiger partial charge on any atom is 0.294 e. The fraction of sp³-hybridized carbons (Fsp3) is 0.529.